The molecule has 0 bridgehead atoms. The van der Waals surface area contributed by atoms with Gasteiger partial charge in [0.05, 0.1) is 24.2 Å². The molecule has 1 aromatic heterocycles. The minimum atomic E-state index is -1.08. The summed E-state index contributed by atoms with van der Waals surface area (Å²) in [5.74, 6) is 1.37. The van der Waals surface area contributed by atoms with E-state index in [2.05, 4.69) is 15.3 Å². The number of aryl methyl sites for hydroxylation is 1. The Bertz CT molecular complexity index is 856. The van der Waals surface area contributed by atoms with E-state index in [1.165, 1.54) is 0 Å². The summed E-state index contributed by atoms with van der Waals surface area (Å²) >= 11 is 0. The van der Waals surface area contributed by atoms with Gasteiger partial charge in [0, 0.05) is 6.42 Å². The molecule has 2 aromatic carbocycles. The molecule has 0 aliphatic carbocycles. The number of amides is 1. The van der Waals surface area contributed by atoms with Crippen LogP contribution < -0.4 is 10.1 Å². The third kappa shape index (κ3) is 3.48. The number of hydrogen-bond acceptors (Lipinski definition) is 3. The molecule has 1 atom stereocenters. The lowest BCUT2D eigenvalue weighted by Crippen LogP contribution is -2.29. The summed E-state index contributed by atoms with van der Waals surface area (Å²) in [7, 11) is 1.61. The average Bonchev–Trinajstić information content (AvgIpc) is 2.97. The van der Waals surface area contributed by atoms with Crippen LogP contribution in [0.15, 0.2) is 42.5 Å². The highest BCUT2D eigenvalue weighted by Crippen LogP contribution is 2.22. The lowest BCUT2D eigenvalue weighted by molar-refractivity contribution is 0.189. The number of carbonyl (C=O) groups is 1. The van der Waals surface area contributed by atoms with Gasteiger partial charge in [-0.15, -0.1) is 0 Å². The number of fused-ring (bicyclic) bond motifs is 1. The van der Waals surface area contributed by atoms with Gasteiger partial charge in [0.2, 0.25) is 0 Å². The molecule has 0 radical (unpaired) electrons. The molecule has 0 spiro atoms. The highest BCUT2D eigenvalue weighted by Gasteiger charge is 2.19. The maximum absolute atomic E-state index is 11.2. The number of H-pyrrole nitrogens is 1. The summed E-state index contributed by atoms with van der Waals surface area (Å²) in [6.45, 7) is 2.00. The second-order valence-electron chi connectivity index (χ2n) is 5.70. The Balaban J connectivity index is 1.90. The maximum atomic E-state index is 11.2. The zero-order chi connectivity index (χ0) is 17.1. The van der Waals surface area contributed by atoms with Gasteiger partial charge in [-0.25, -0.2) is 9.78 Å². The van der Waals surface area contributed by atoms with E-state index in [4.69, 9.17) is 9.84 Å². The van der Waals surface area contributed by atoms with E-state index < -0.39 is 12.1 Å². The molecule has 0 fully saturated rings. The van der Waals surface area contributed by atoms with Crippen molar-refractivity contribution in [2.75, 3.05) is 7.11 Å². The Morgan fingerprint density at radius 2 is 2.04 bits per heavy atom. The number of ether oxygens (including phenoxy) is 1. The van der Waals surface area contributed by atoms with Gasteiger partial charge in [-0.3, -0.25) is 0 Å². The number of methoxy groups -OCH3 is 1. The standard InChI is InChI=1S/C18H19N3O3/c1-11-3-8-14-15(9-11)20-17(19-14)16(21-18(22)23)10-12-4-6-13(24-2)7-5-12/h3-9,16,21H,10H2,1-2H3,(H,19,20)(H,22,23). The van der Waals surface area contributed by atoms with Gasteiger partial charge in [-0.1, -0.05) is 18.2 Å². The summed E-state index contributed by atoms with van der Waals surface area (Å²) in [5.41, 5.74) is 3.82. The van der Waals surface area contributed by atoms with E-state index in [9.17, 15) is 4.79 Å². The molecule has 1 heterocycles. The van der Waals surface area contributed by atoms with E-state index >= 15 is 0 Å². The van der Waals surface area contributed by atoms with Crippen LogP contribution in [0.5, 0.6) is 5.75 Å². The topological polar surface area (TPSA) is 87.2 Å². The molecular formula is C18H19N3O3. The van der Waals surface area contributed by atoms with Crippen LogP contribution in [0.25, 0.3) is 11.0 Å². The Kier molecular flexibility index (Phi) is 4.37. The van der Waals surface area contributed by atoms with Crippen LogP contribution >= 0.6 is 0 Å². The Labute approximate surface area is 139 Å². The summed E-state index contributed by atoms with van der Waals surface area (Å²) in [5, 5.41) is 11.7. The summed E-state index contributed by atoms with van der Waals surface area (Å²) in [6.07, 6.45) is -0.583. The van der Waals surface area contributed by atoms with Crippen LogP contribution in [-0.4, -0.2) is 28.3 Å². The van der Waals surface area contributed by atoms with Crippen molar-refractivity contribution in [3.63, 3.8) is 0 Å². The number of carboxylic acid groups (broad SMARTS) is 1. The second-order valence-corrected chi connectivity index (χ2v) is 5.70. The van der Waals surface area contributed by atoms with Crippen molar-refractivity contribution in [3.8, 4) is 5.75 Å². The fourth-order valence-electron chi connectivity index (χ4n) is 2.66. The van der Waals surface area contributed by atoms with Gasteiger partial charge in [0.25, 0.3) is 0 Å². The minimum absolute atomic E-state index is 0.455. The summed E-state index contributed by atoms with van der Waals surface area (Å²) in [6, 6.07) is 13.0. The van der Waals surface area contributed by atoms with Gasteiger partial charge in [0.15, 0.2) is 0 Å². The van der Waals surface area contributed by atoms with E-state index in [1.54, 1.807) is 7.11 Å². The number of imidazole rings is 1. The highest BCUT2D eigenvalue weighted by molar-refractivity contribution is 5.76. The number of nitrogens with zero attached hydrogens (tertiary/aromatic N) is 1. The lowest BCUT2D eigenvalue weighted by atomic mass is 10.1. The second kappa shape index (κ2) is 6.62. The normalized spacial score (nSPS) is 12.1. The molecule has 1 unspecified atom stereocenters. The molecule has 124 valence electrons. The van der Waals surface area contributed by atoms with Crippen molar-refractivity contribution in [1.82, 2.24) is 15.3 Å². The largest absolute Gasteiger partial charge is 0.497 e. The molecule has 0 aliphatic heterocycles. The van der Waals surface area contributed by atoms with Crippen molar-refractivity contribution in [3.05, 3.63) is 59.4 Å². The number of aromatic amines is 1. The molecule has 0 saturated carbocycles. The molecule has 1 amide bonds. The smallest absolute Gasteiger partial charge is 0.405 e. The third-order valence-electron chi connectivity index (χ3n) is 3.88. The Morgan fingerprint density at radius 1 is 1.29 bits per heavy atom. The first-order valence-corrected chi connectivity index (χ1v) is 7.64. The molecular weight excluding hydrogens is 306 g/mol. The molecule has 6 heteroatoms. The van der Waals surface area contributed by atoms with Gasteiger partial charge in [-0.05, 0) is 42.3 Å². The van der Waals surface area contributed by atoms with Crippen molar-refractivity contribution in [2.45, 2.75) is 19.4 Å². The Hall–Kier alpha value is -3.02. The van der Waals surface area contributed by atoms with Crippen molar-refractivity contribution in [2.24, 2.45) is 0 Å². The SMILES string of the molecule is COc1ccc(CC(NC(=O)O)c2nc3cc(C)ccc3[nH]2)cc1. The quantitative estimate of drug-likeness (QED) is 0.670. The van der Waals surface area contributed by atoms with Gasteiger partial charge in [0.1, 0.15) is 11.6 Å². The molecule has 3 N–H and O–H groups in total. The predicted molar refractivity (Wildman–Crippen MR) is 91.4 cm³/mol. The van der Waals surface area contributed by atoms with E-state index in [0.29, 0.717) is 12.2 Å². The van der Waals surface area contributed by atoms with Crippen LogP contribution in [0.1, 0.15) is 23.0 Å². The highest BCUT2D eigenvalue weighted by atomic mass is 16.5. The van der Waals surface area contributed by atoms with Crippen molar-refractivity contribution in [1.29, 1.82) is 0 Å². The summed E-state index contributed by atoms with van der Waals surface area (Å²) in [4.78, 5) is 18.9. The Morgan fingerprint density at radius 3 is 2.71 bits per heavy atom. The zero-order valence-corrected chi connectivity index (χ0v) is 13.5. The van der Waals surface area contributed by atoms with Gasteiger partial charge in [-0.2, -0.15) is 0 Å². The number of nitrogens with one attached hydrogen (secondary N) is 2. The third-order valence-corrected chi connectivity index (χ3v) is 3.88. The fourth-order valence-corrected chi connectivity index (χ4v) is 2.66. The van der Waals surface area contributed by atoms with Crippen molar-refractivity contribution < 1.29 is 14.6 Å². The molecule has 0 aliphatic rings. The first kappa shape index (κ1) is 15.9. The van der Waals surface area contributed by atoms with Crippen LogP contribution in [-0.2, 0) is 6.42 Å². The predicted octanol–water partition coefficient (Wildman–Crippen LogP) is 3.43. The van der Waals surface area contributed by atoms with E-state index in [1.807, 2.05) is 49.4 Å². The van der Waals surface area contributed by atoms with Crippen LogP contribution in [0, 0.1) is 6.92 Å². The molecule has 6 nitrogen and oxygen atoms in total. The van der Waals surface area contributed by atoms with E-state index in [-0.39, 0.29) is 0 Å². The number of aromatic nitrogens is 2. The molecule has 24 heavy (non-hydrogen) atoms. The maximum Gasteiger partial charge on any atom is 0.405 e. The molecule has 3 rings (SSSR count). The lowest BCUT2D eigenvalue weighted by Gasteiger charge is -2.15. The van der Waals surface area contributed by atoms with Crippen LogP contribution in [0.2, 0.25) is 0 Å². The number of hydrogen-bond donors (Lipinski definition) is 3. The van der Waals surface area contributed by atoms with Gasteiger partial charge >= 0.3 is 6.09 Å². The molecule has 0 saturated heterocycles. The molecule has 3 aromatic rings. The zero-order valence-electron chi connectivity index (χ0n) is 13.5. The van der Waals surface area contributed by atoms with E-state index in [0.717, 1.165) is 27.9 Å². The fraction of sp³-hybridized carbons (Fsp3) is 0.222. The first-order chi connectivity index (χ1) is 11.5. The monoisotopic (exact) mass is 325 g/mol. The van der Waals surface area contributed by atoms with Crippen LogP contribution in [0.4, 0.5) is 4.79 Å². The van der Waals surface area contributed by atoms with Crippen molar-refractivity contribution >= 4 is 17.1 Å². The van der Waals surface area contributed by atoms with Crippen LogP contribution in [0.3, 0.4) is 0 Å². The first-order valence-electron chi connectivity index (χ1n) is 7.64. The minimum Gasteiger partial charge on any atom is -0.497 e. The number of benzene rings is 2. The summed E-state index contributed by atoms with van der Waals surface area (Å²) < 4.78 is 5.15. The van der Waals surface area contributed by atoms with Gasteiger partial charge < -0.3 is 20.1 Å². The average molecular weight is 325 g/mol. The number of rotatable bonds is 5.